The monoisotopic (exact) mass is 415 g/mol. The third-order valence-corrected chi connectivity index (χ3v) is 5.61. The number of ether oxygens (including phenoxy) is 2. The summed E-state index contributed by atoms with van der Waals surface area (Å²) in [5, 5.41) is 3.38. The Morgan fingerprint density at radius 2 is 2.14 bits per heavy atom. The van der Waals surface area contributed by atoms with Gasteiger partial charge in [0.1, 0.15) is 5.82 Å². The summed E-state index contributed by atoms with van der Waals surface area (Å²) in [7, 11) is 3.36. The number of anilines is 1. The van der Waals surface area contributed by atoms with E-state index in [9.17, 15) is 9.59 Å². The second-order valence-corrected chi connectivity index (χ2v) is 7.99. The minimum atomic E-state index is -0.412. The van der Waals surface area contributed by atoms with Crippen molar-refractivity contribution < 1.29 is 14.3 Å². The van der Waals surface area contributed by atoms with Crippen LogP contribution in [0.25, 0.3) is 0 Å². The van der Waals surface area contributed by atoms with Crippen LogP contribution in [0.3, 0.4) is 0 Å². The molecule has 154 valence electrons. The first kappa shape index (κ1) is 21.0. The molecule has 1 atom stereocenters. The number of nitrogens with one attached hydrogen (secondary N) is 1. The normalized spacial score (nSPS) is 15.6. The lowest BCUT2D eigenvalue weighted by atomic mass is 9.86. The van der Waals surface area contributed by atoms with Crippen LogP contribution in [-0.2, 0) is 11.8 Å². The van der Waals surface area contributed by atoms with Crippen LogP contribution in [0.15, 0.2) is 40.8 Å². The summed E-state index contributed by atoms with van der Waals surface area (Å²) >= 11 is 1.39. The lowest BCUT2D eigenvalue weighted by Crippen LogP contribution is -2.33. The van der Waals surface area contributed by atoms with Crippen molar-refractivity contribution in [1.82, 2.24) is 9.55 Å². The number of fused-ring (bicyclic) bond motifs is 1. The maximum Gasteiger partial charge on any atom is 0.279 e. The molecule has 0 saturated carbocycles. The van der Waals surface area contributed by atoms with Crippen molar-refractivity contribution in [2.24, 2.45) is 7.05 Å². The Morgan fingerprint density at radius 1 is 1.38 bits per heavy atom. The first-order chi connectivity index (χ1) is 13.8. The molecule has 2 aromatic rings. The molecule has 7 nitrogen and oxygen atoms in total. The molecule has 0 bridgehead atoms. The number of aromatic nitrogens is 2. The van der Waals surface area contributed by atoms with E-state index in [0.717, 1.165) is 5.56 Å². The lowest BCUT2D eigenvalue weighted by Gasteiger charge is -2.28. The first-order valence-corrected chi connectivity index (χ1v) is 10.3. The Balaban J connectivity index is 2.09. The highest BCUT2D eigenvalue weighted by Gasteiger charge is 2.32. The molecule has 1 N–H and O–H groups in total. The van der Waals surface area contributed by atoms with Gasteiger partial charge in [-0.05, 0) is 31.5 Å². The molecule has 2 heterocycles. The minimum absolute atomic E-state index is 0.00100. The molecule has 1 aliphatic heterocycles. The van der Waals surface area contributed by atoms with Gasteiger partial charge in [0.2, 0.25) is 5.91 Å². The van der Waals surface area contributed by atoms with Crippen LogP contribution in [0, 0.1) is 0 Å². The molecule has 1 aromatic heterocycles. The molecule has 3 rings (SSSR count). The van der Waals surface area contributed by atoms with Crippen molar-refractivity contribution in [3.05, 3.63) is 52.3 Å². The first-order valence-electron chi connectivity index (χ1n) is 9.34. The summed E-state index contributed by atoms with van der Waals surface area (Å²) < 4.78 is 13.0. The fourth-order valence-electron chi connectivity index (χ4n) is 3.33. The Morgan fingerprint density at radius 3 is 2.79 bits per heavy atom. The van der Waals surface area contributed by atoms with Gasteiger partial charge in [0, 0.05) is 25.1 Å². The predicted molar refractivity (Wildman–Crippen MR) is 114 cm³/mol. The summed E-state index contributed by atoms with van der Waals surface area (Å²) in [6.07, 6.45) is 1.90. The summed E-state index contributed by atoms with van der Waals surface area (Å²) in [5.74, 6) is 1.72. The van der Waals surface area contributed by atoms with Crippen molar-refractivity contribution in [3.8, 4) is 11.5 Å². The van der Waals surface area contributed by atoms with Crippen LogP contribution in [0.5, 0.6) is 11.5 Å². The van der Waals surface area contributed by atoms with Crippen molar-refractivity contribution in [1.29, 1.82) is 0 Å². The van der Waals surface area contributed by atoms with Gasteiger partial charge in [0.15, 0.2) is 16.7 Å². The fourth-order valence-corrected chi connectivity index (χ4v) is 4.03. The molecule has 1 amide bonds. The second kappa shape index (κ2) is 8.73. The quantitative estimate of drug-likeness (QED) is 0.424. The summed E-state index contributed by atoms with van der Waals surface area (Å²) in [6.45, 7) is 7.57. The smallest absolute Gasteiger partial charge is 0.279 e. The van der Waals surface area contributed by atoms with Crippen LogP contribution in [0.4, 0.5) is 5.82 Å². The minimum Gasteiger partial charge on any atom is -0.493 e. The van der Waals surface area contributed by atoms with Gasteiger partial charge in [-0.25, -0.2) is 0 Å². The van der Waals surface area contributed by atoms with Crippen LogP contribution in [-0.4, -0.2) is 34.4 Å². The Labute approximate surface area is 174 Å². The van der Waals surface area contributed by atoms with E-state index >= 15 is 0 Å². The van der Waals surface area contributed by atoms with Crippen LogP contribution >= 0.6 is 11.8 Å². The molecule has 1 aromatic carbocycles. The van der Waals surface area contributed by atoms with Gasteiger partial charge in [-0.1, -0.05) is 23.9 Å². The highest BCUT2D eigenvalue weighted by atomic mass is 32.2. The van der Waals surface area contributed by atoms with Gasteiger partial charge in [0.05, 0.1) is 18.8 Å². The van der Waals surface area contributed by atoms with Gasteiger partial charge in [-0.2, -0.15) is 4.98 Å². The molecule has 0 radical (unpaired) electrons. The van der Waals surface area contributed by atoms with Gasteiger partial charge < -0.3 is 19.4 Å². The van der Waals surface area contributed by atoms with E-state index in [4.69, 9.17) is 9.47 Å². The molecule has 8 heteroatoms. The van der Waals surface area contributed by atoms with E-state index in [2.05, 4.69) is 16.9 Å². The van der Waals surface area contributed by atoms with E-state index < -0.39 is 5.92 Å². The zero-order valence-electron chi connectivity index (χ0n) is 17.0. The van der Waals surface area contributed by atoms with Crippen LogP contribution < -0.4 is 20.3 Å². The van der Waals surface area contributed by atoms with Gasteiger partial charge >= 0.3 is 0 Å². The van der Waals surface area contributed by atoms with E-state index in [1.54, 1.807) is 24.8 Å². The predicted octanol–water partition coefficient (Wildman–Crippen LogP) is 3.33. The highest BCUT2D eigenvalue weighted by Crippen LogP contribution is 2.39. The standard InChI is InChI=1S/C21H25N3O4S/c1-6-9-29-21-23-20(26)18-14(11-17(25)22-19(18)24(21)4)13-7-8-15(28-12(2)3)16(10-13)27-5/h6-8,10,12,14H,1,9,11H2,2-5H3,(H,22,25)/t14-/m1/s1. The number of nitrogens with zero attached hydrogens (tertiary/aromatic N) is 2. The number of hydrogen-bond donors (Lipinski definition) is 1. The van der Waals surface area contributed by atoms with E-state index in [0.29, 0.717) is 33.8 Å². The number of carbonyl (C=O) groups is 1. The molecular weight excluding hydrogens is 390 g/mol. The number of rotatable bonds is 7. The molecular formula is C21H25N3O4S. The van der Waals surface area contributed by atoms with Gasteiger partial charge in [-0.3, -0.25) is 9.59 Å². The second-order valence-electron chi connectivity index (χ2n) is 7.00. The average molecular weight is 416 g/mol. The molecule has 0 saturated heterocycles. The van der Waals surface area contributed by atoms with Crippen molar-refractivity contribution in [3.63, 3.8) is 0 Å². The summed E-state index contributed by atoms with van der Waals surface area (Å²) in [5.41, 5.74) is 0.949. The molecule has 0 unspecified atom stereocenters. The number of methoxy groups -OCH3 is 1. The van der Waals surface area contributed by atoms with E-state index in [-0.39, 0.29) is 24.0 Å². The van der Waals surface area contributed by atoms with Crippen molar-refractivity contribution in [2.75, 3.05) is 18.2 Å². The van der Waals surface area contributed by atoms with Gasteiger partial charge in [-0.15, -0.1) is 6.58 Å². The molecule has 29 heavy (non-hydrogen) atoms. The van der Waals surface area contributed by atoms with Crippen molar-refractivity contribution in [2.45, 2.75) is 37.4 Å². The van der Waals surface area contributed by atoms with E-state index in [1.165, 1.54) is 11.8 Å². The maximum absolute atomic E-state index is 12.9. The molecule has 0 spiro atoms. The zero-order chi connectivity index (χ0) is 21.1. The third-order valence-electron chi connectivity index (χ3n) is 4.58. The summed E-state index contributed by atoms with van der Waals surface area (Å²) in [4.78, 5) is 29.6. The van der Waals surface area contributed by atoms with E-state index in [1.807, 2.05) is 32.0 Å². The number of hydrogen-bond acceptors (Lipinski definition) is 6. The lowest BCUT2D eigenvalue weighted by molar-refractivity contribution is -0.116. The Kier molecular flexibility index (Phi) is 6.32. The topological polar surface area (TPSA) is 82.5 Å². The SMILES string of the molecule is C=CCSc1nc(=O)c2c(n1C)NC(=O)C[C@@H]2c1ccc(OC(C)C)c(OC)c1. The third kappa shape index (κ3) is 4.32. The number of carbonyl (C=O) groups excluding carboxylic acids is 1. The van der Waals surface area contributed by atoms with Crippen LogP contribution in [0.1, 0.15) is 37.3 Å². The number of thioether (sulfide) groups is 1. The Bertz CT molecular complexity index is 1000. The van der Waals surface area contributed by atoms with Crippen LogP contribution in [0.2, 0.25) is 0 Å². The van der Waals surface area contributed by atoms with Crippen molar-refractivity contribution >= 4 is 23.5 Å². The zero-order valence-corrected chi connectivity index (χ0v) is 17.8. The molecule has 1 aliphatic rings. The van der Waals surface area contributed by atoms with Gasteiger partial charge in [0.25, 0.3) is 5.56 Å². The molecule has 0 aliphatic carbocycles. The molecule has 0 fully saturated rings. The fraction of sp³-hybridized carbons (Fsp3) is 0.381. The Hall–Kier alpha value is -2.74. The average Bonchev–Trinajstić information content (AvgIpc) is 2.68. The number of amides is 1. The largest absolute Gasteiger partial charge is 0.493 e. The number of benzene rings is 1. The summed E-state index contributed by atoms with van der Waals surface area (Å²) in [6, 6.07) is 5.50. The maximum atomic E-state index is 12.9. The highest BCUT2D eigenvalue weighted by molar-refractivity contribution is 7.99.